The molecule has 0 heterocycles. The Hall–Kier alpha value is -1.39. The van der Waals surface area contributed by atoms with E-state index in [1.807, 2.05) is 0 Å². The molecule has 0 spiro atoms. The number of hydrogen-bond acceptors (Lipinski definition) is 5. The number of ether oxygens (including phenoxy) is 2. The summed E-state index contributed by atoms with van der Waals surface area (Å²) < 4.78 is 10.4. The Kier molecular flexibility index (Phi) is 6.50. The zero-order valence-electron chi connectivity index (χ0n) is 20.7. The van der Waals surface area contributed by atoms with Crippen molar-refractivity contribution in [2.24, 2.45) is 46.3 Å². The summed E-state index contributed by atoms with van der Waals surface area (Å²) in [5.41, 5.74) is 0.172. The van der Waals surface area contributed by atoms with E-state index in [4.69, 9.17) is 9.47 Å². The van der Waals surface area contributed by atoms with Gasteiger partial charge in [0.2, 0.25) is 0 Å². The molecule has 4 fully saturated rings. The van der Waals surface area contributed by atoms with Crippen LogP contribution < -0.4 is 0 Å². The topological polar surface area (TPSA) is 69.7 Å². The molecule has 4 aliphatic rings. The van der Waals surface area contributed by atoms with Crippen LogP contribution in [0, 0.1) is 46.3 Å². The number of ketones is 1. The summed E-state index contributed by atoms with van der Waals surface area (Å²) >= 11 is 0. The van der Waals surface area contributed by atoms with Crippen molar-refractivity contribution in [3.05, 3.63) is 0 Å². The molecule has 4 aliphatic carbocycles. The summed E-state index contributed by atoms with van der Waals surface area (Å²) in [5.74, 6) is 2.94. The van der Waals surface area contributed by atoms with Crippen molar-refractivity contribution in [3.63, 3.8) is 0 Å². The van der Waals surface area contributed by atoms with Crippen LogP contribution in [0.4, 0.5) is 0 Å². The number of rotatable bonds is 5. The van der Waals surface area contributed by atoms with Crippen LogP contribution in [0.15, 0.2) is 0 Å². The summed E-state index contributed by atoms with van der Waals surface area (Å²) in [4.78, 5) is 36.8. The van der Waals surface area contributed by atoms with Gasteiger partial charge in [0.05, 0.1) is 7.11 Å². The quantitative estimate of drug-likeness (QED) is 0.533. The van der Waals surface area contributed by atoms with Crippen molar-refractivity contribution in [2.75, 3.05) is 7.11 Å². The van der Waals surface area contributed by atoms with Gasteiger partial charge in [-0.2, -0.15) is 0 Å². The van der Waals surface area contributed by atoms with Crippen LogP contribution in [-0.2, 0) is 23.9 Å². The van der Waals surface area contributed by atoms with E-state index in [1.54, 1.807) is 0 Å². The first-order valence-electron chi connectivity index (χ1n) is 12.9. The van der Waals surface area contributed by atoms with Gasteiger partial charge >= 0.3 is 11.9 Å². The first-order valence-corrected chi connectivity index (χ1v) is 12.9. The van der Waals surface area contributed by atoms with Crippen molar-refractivity contribution in [2.45, 2.75) is 98.0 Å². The largest absolute Gasteiger partial charge is 0.469 e. The van der Waals surface area contributed by atoms with E-state index in [0.29, 0.717) is 48.2 Å². The van der Waals surface area contributed by atoms with Crippen molar-refractivity contribution in [1.29, 1.82) is 0 Å². The number of carbonyl (C=O) groups is 3. The van der Waals surface area contributed by atoms with E-state index in [2.05, 4.69) is 20.8 Å². The molecule has 0 aromatic rings. The third-order valence-corrected chi connectivity index (χ3v) is 10.3. The number of carbonyl (C=O) groups excluding carboxylic acids is 3. The molecule has 0 aliphatic heterocycles. The highest BCUT2D eigenvalue weighted by molar-refractivity contribution is 5.83. The Bertz CT molecular complexity index is 761. The molecule has 4 saturated carbocycles. The average Bonchev–Trinajstić information content (AvgIpc) is 3.07. The minimum atomic E-state index is -0.205. The fourth-order valence-corrected chi connectivity index (χ4v) is 8.98. The Balaban J connectivity index is 1.49. The van der Waals surface area contributed by atoms with Crippen LogP contribution in [0.2, 0.25) is 0 Å². The van der Waals surface area contributed by atoms with Gasteiger partial charge < -0.3 is 9.47 Å². The summed E-state index contributed by atoms with van der Waals surface area (Å²) in [6.07, 6.45) is 9.49. The van der Waals surface area contributed by atoms with Crippen molar-refractivity contribution in [1.82, 2.24) is 0 Å². The molecule has 0 radical (unpaired) electrons. The van der Waals surface area contributed by atoms with Gasteiger partial charge in [0.15, 0.2) is 0 Å². The van der Waals surface area contributed by atoms with Gasteiger partial charge in [-0.25, -0.2) is 0 Å². The van der Waals surface area contributed by atoms with Crippen LogP contribution in [0.1, 0.15) is 91.9 Å². The number of methoxy groups -OCH3 is 1. The molecule has 4 unspecified atom stereocenters. The summed E-state index contributed by atoms with van der Waals surface area (Å²) in [5, 5.41) is 0. The maximum absolute atomic E-state index is 13.7. The third kappa shape index (κ3) is 4.03. The average molecular weight is 447 g/mol. The maximum Gasteiger partial charge on any atom is 0.305 e. The molecule has 5 heteroatoms. The van der Waals surface area contributed by atoms with Gasteiger partial charge in [0.1, 0.15) is 11.9 Å². The van der Waals surface area contributed by atoms with E-state index in [1.165, 1.54) is 26.9 Å². The summed E-state index contributed by atoms with van der Waals surface area (Å²) in [7, 11) is 1.46. The van der Waals surface area contributed by atoms with Crippen molar-refractivity contribution >= 4 is 17.7 Å². The molecular weight excluding hydrogens is 404 g/mol. The third-order valence-electron chi connectivity index (χ3n) is 10.3. The minimum Gasteiger partial charge on any atom is -0.469 e. The van der Waals surface area contributed by atoms with Gasteiger partial charge in [0.25, 0.3) is 0 Å². The fraction of sp³-hybridized carbons (Fsp3) is 0.889. The Labute approximate surface area is 193 Å². The smallest absolute Gasteiger partial charge is 0.305 e. The van der Waals surface area contributed by atoms with E-state index in [9.17, 15) is 14.4 Å². The number of esters is 2. The first-order chi connectivity index (χ1) is 15.1. The van der Waals surface area contributed by atoms with E-state index < -0.39 is 0 Å². The minimum absolute atomic E-state index is 0.0292. The molecular formula is C27H42O5. The molecule has 0 aromatic carbocycles. The first kappa shape index (κ1) is 23.8. The highest BCUT2D eigenvalue weighted by Gasteiger charge is 2.62. The highest BCUT2D eigenvalue weighted by atomic mass is 16.5. The predicted molar refractivity (Wildman–Crippen MR) is 122 cm³/mol. The Morgan fingerprint density at radius 2 is 1.81 bits per heavy atom. The standard InChI is InChI=1S/C27H42O5/c1-16(6-11-24(30)31-5)20-9-10-22-25-19(12-13-27(20,22)4)21-8-7-18(32-17(2)28)14-26(21,3)15-23(25)29/h16,18-22,25H,6-15H2,1-5H3/t16-,18-,19-,20-,21?,22+,25?,26?,27?/m1/s1. The van der Waals surface area contributed by atoms with Gasteiger partial charge in [-0.05, 0) is 91.8 Å². The lowest BCUT2D eigenvalue weighted by molar-refractivity contribution is -0.165. The SMILES string of the molecule is COC(=O)CC[C@@H](C)[C@H]1CC[C@H]2C3C(=O)CC4(C)C[C@H](OC(C)=O)CCC4[C@H]3CCC12C. The van der Waals surface area contributed by atoms with E-state index in [-0.39, 0.29) is 34.8 Å². The number of Topliss-reactive ketones (excluding diaryl/α,β-unsaturated/α-hetero) is 1. The van der Waals surface area contributed by atoms with Crippen LogP contribution in [-0.4, -0.2) is 30.9 Å². The van der Waals surface area contributed by atoms with Crippen molar-refractivity contribution < 1.29 is 23.9 Å². The zero-order chi connectivity index (χ0) is 23.3. The van der Waals surface area contributed by atoms with Gasteiger partial charge in [-0.3, -0.25) is 14.4 Å². The second kappa shape index (κ2) is 8.76. The highest BCUT2D eigenvalue weighted by Crippen LogP contribution is 2.66. The van der Waals surface area contributed by atoms with Gasteiger partial charge in [0, 0.05) is 25.7 Å². The summed E-state index contributed by atoms with van der Waals surface area (Å²) in [6, 6.07) is 0. The van der Waals surface area contributed by atoms with E-state index in [0.717, 1.165) is 38.5 Å². The molecule has 4 rings (SSSR count). The lowest BCUT2D eigenvalue weighted by Gasteiger charge is -2.59. The lowest BCUT2D eigenvalue weighted by atomic mass is 9.45. The molecule has 0 N–H and O–H groups in total. The molecule has 0 amide bonds. The van der Waals surface area contributed by atoms with Crippen LogP contribution in [0.5, 0.6) is 0 Å². The van der Waals surface area contributed by atoms with E-state index >= 15 is 0 Å². The normalized spacial score (nSPS) is 44.1. The molecule has 0 aromatic heterocycles. The van der Waals surface area contributed by atoms with Crippen molar-refractivity contribution in [3.8, 4) is 0 Å². The second-order valence-corrected chi connectivity index (χ2v) is 12.0. The van der Waals surface area contributed by atoms with Crippen LogP contribution >= 0.6 is 0 Å². The fourth-order valence-electron chi connectivity index (χ4n) is 8.98. The van der Waals surface area contributed by atoms with Gasteiger partial charge in [-0.15, -0.1) is 0 Å². The molecule has 0 saturated heterocycles. The van der Waals surface area contributed by atoms with Crippen LogP contribution in [0.25, 0.3) is 0 Å². The Morgan fingerprint density at radius 3 is 2.50 bits per heavy atom. The second-order valence-electron chi connectivity index (χ2n) is 12.0. The Morgan fingerprint density at radius 1 is 1.09 bits per heavy atom. The molecule has 0 bridgehead atoms. The number of fused-ring (bicyclic) bond motifs is 5. The van der Waals surface area contributed by atoms with Crippen LogP contribution in [0.3, 0.4) is 0 Å². The molecule has 9 atom stereocenters. The van der Waals surface area contributed by atoms with Gasteiger partial charge in [-0.1, -0.05) is 20.8 Å². The predicted octanol–water partition coefficient (Wildman–Crippen LogP) is 5.35. The monoisotopic (exact) mass is 446 g/mol. The number of hydrogen-bond donors (Lipinski definition) is 0. The summed E-state index contributed by atoms with van der Waals surface area (Å²) in [6.45, 7) is 8.50. The molecule has 180 valence electrons. The molecule has 5 nitrogen and oxygen atoms in total. The molecule has 32 heavy (non-hydrogen) atoms. The zero-order valence-corrected chi connectivity index (χ0v) is 20.7. The lowest BCUT2D eigenvalue weighted by Crippen LogP contribution is -2.56. The maximum atomic E-state index is 13.7.